The van der Waals surface area contributed by atoms with Gasteiger partial charge in [0.1, 0.15) is 0 Å². The standard InChI is InChI=1S/C14H10BrN3O2/c15-9-3-1-2-8(6-9)13(19)18-12-7-10(16)4-5-11(12)17-14(18)20/h1-7H,16H2,(H,17,20). The van der Waals surface area contributed by atoms with Crippen LogP contribution in [-0.4, -0.2) is 15.5 Å². The van der Waals surface area contributed by atoms with Crippen LogP contribution in [0.1, 0.15) is 10.4 Å². The van der Waals surface area contributed by atoms with Crippen LogP contribution in [0.3, 0.4) is 0 Å². The number of nitrogens with zero attached hydrogens (tertiary/aromatic N) is 1. The highest BCUT2D eigenvalue weighted by molar-refractivity contribution is 9.10. The Morgan fingerprint density at radius 3 is 2.75 bits per heavy atom. The number of nitrogen functional groups attached to an aromatic ring is 1. The molecule has 6 heteroatoms. The van der Waals surface area contributed by atoms with Crippen LogP contribution in [-0.2, 0) is 0 Å². The van der Waals surface area contributed by atoms with Gasteiger partial charge in [0.15, 0.2) is 0 Å². The monoisotopic (exact) mass is 331 g/mol. The molecular weight excluding hydrogens is 322 g/mol. The van der Waals surface area contributed by atoms with Crippen LogP contribution in [0.15, 0.2) is 51.7 Å². The van der Waals surface area contributed by atoms with E-state index in [1.54, 1.807) is 36.4 Å². The van der Waals surface area contributed by atoms with Crippen LogP contribution in [0, 0.1) is 0 Å². The summed E-state index contributed by atoms with van der Waals surface area (Å²) in [4.78, 5) is 27.1. The number of aromatic nitrogens is 2. The van der Waals surface area contributed by atoms with Crippen molar-refractivity contribution in [2.75, 3.05) is 5.73 Å². The first kappa shape index (κ1) is 12.7. The SMILES string of the molecule is Nc1ccc2[nH]c(=O)n(C(=O)c3cccc(Br)c3)c2c1. The molecule has 0 bridgehead atoms. The minimum Gasteiger partial charge on any atom is -0.399 e. The van der Waals surface area contributed by atoms with Gasteiger partial charge in [-0.05, 0) is 36.4 Å². The Morgan fingerprint density at radius 1 is 1.20 bits per heavy atom. The van der Waals surface area contributed by atoms with Gasteiger partial charge in [-0.2, -0.15) is 0 Å². The summed E-state index contributed by atoms with van der Waals surface area (Å²) in [6.45, 7) is 0. The molecule has 0 unspecified atom stereocenters. The Balaban J connectivity index is 2.24. The number of hydrogen-bond donors (Lipinski definition) is 2. The van der Waals surface area contributed by atoms with E-state index >= 15 is 0 Å². The first-order valence-electron chi connectivity index (χ1n) is 5.87. The van der Waals surface area contributed by atoms with Crippen LogP contribution in [0.5, 0.6) is 0 Å². The van der Waals surface area contributed by atoms with Gasteiger partial charge in [-0.1, -0.05) is 22.0 Å². The van der Waals surface area contributed by atoms with Crippen molar-refractivity contribution in [2.45, 2.75) is 0 Å². The average molecular weight is 332 g/mol. The van der Waals surface area contributed by atoms with Crippen molar-refractivity contribution in [1.29, 1.82) is 0 Å². The molecule has 0 spiro atoms. The van der Waals surface area contributed by atoms with Crippen molar-refractivity contribution < 1.29 is 4.79 Å². The molecule has 3 N–H and O–H groups in total. The smallest absolute Gasteiger partial charge is 0.333 e. The number of fused-ring (bicyclic) bond motifs is 1. The minimum atomic E-state index is -0.476. The lowest BCUT2D eigenvalue weighted by Gasteiger charge is -2.03. The molecular formula is C14H10BrN3O2. The Hall–Kier alpha value is -2.34. The minimum absolute atomic E-state index is 0.395. The number of anilines is 1. The molecule has 0 radical (unpaired) electrons. The van der Waals surface area contributed by atoms with E-state index in [2.05, 4.69) is 20.9 Å². The molecule has 3 rings (SSSR count). The molecule has 0 saturated carbocycles. The van der Waals surface area contributed by atoms with E-state index in [9.17, 15) is 9.59 Å². The summed E-state index contributed by atoms with van der Waals surface area (Å²) in [6.07, 6.45) is 0. The van der Waals surface area contributed by atoms with Gasteiger partial charge in [0.2, 0.25) is 0 Å². The fourth-order valence-electron chi connectivity index (χ4n) is 2.07. The van der Waals surface area contributed by atoms with Crippen molar-refractivity contribution in [1.82, 2.24) is 9.55 Å². The maximum Gasteiger partial charge on any atom is 0.333 e. The summed E-state index contributed by atoms with van der Waals surface area (Å²) in [5, 5.41) is 0. The number of aromatic amines is 1. The van der Waals surface area contributed by atoms with Gasteiger partial charge in [0, 0.05) is 15.7 Å². The summed E-state index contributed by atoms with van der Waals surface area (Å²) in [5.74, 6) is -0.395. The van der Waals surface area contributed by atoms with E-state index in [4.69, 9.17) is 5.73 Å². The van der Waals surface area contributed by atoms with Crippen LogP contribution in [0.2, 0.25) is 0 Å². The summed E-state index contributed by atoms with van der Waals surface area (Å²) in [7, 11) is 0. The number of rotatable bonds is 1. The van der Waals surface area contributed by atoms with Crippen LogP contribution >= 0.6 is 15.9 Å². The number of carbonyl (C=O) groups is 1. The second kappa shape index (κ2) is 4.64. The number of halogens is 1. The molecule has 0 aliphatic carbocycles. The Morgan fingerprint density at radius 2 is 2.00 bits per heavy atom. The lowest BCUT2D eigenvalue weighted by Crippen LogP contribution is -2.24. The molecule has 1 aromatic heterocycles. The molecule has 0 aliphatic rings. The van der Waals surface area contributed by atoms with E-state index in [-0.39, 0.29) is 0 Å². The van der Waals surface area contributed by atoms with E-state index in [1.807, 2.05) is 6.07 Å². The van der Waals surface area contributed by atoms with Crippen molar-refractivity contribution in [2.24, 2.45) is 0 Å². The highest BCUT2D eigenvalue weighted by Crippen LogP contribution is 2.17. The van der Waals surface area contributed by atoms with E-state index in [0.29, 0.717) is 22.3 Å². The third-order valence-electron chi connectivity index (χ3n) is 2.98. The molecule has 20 heavy (non-hydrogen) atoms. The zero-order valence-electron chi connectivity index (χ0n) is 10.3. The molecule has 2 aromatic carbocycles. The second-order valence-electron chi connectivity index (χ2n) is 4.36. The number of benzene rings is 2. The lowest BCUT2D eigenvalue weighted by molar-refractivity contribution is 0.0961. The molecule has 0 amide bonds. The molecule has 5 nitrogen and oxygen atoms in total. The molecule has 0 aliphatic heterocycles. The first-order valence-corrected chi connectivity index (χ1v) is 6.66. The predicted molar refractivity (Wildman–Crippen MR) is 80.8 cm³/mol. The third-order valence-corrected chi connectivity index (χ3v) is 3.48. The van der Waals surface area contributed by atoms with Crippen LogP contribution < -0.4 is 11.4 Å². The molecule has 0 fully saturated rings. The maximum atomic E-state index is 12.5. The summed E-state index contributed by atoms with van der Waals surface area (Å²) < 4.78 is 1.86. The zero-order chi connectivity index (χ0) is 14.3. The summed E-state index contributed by atoms with van der Waals surface area (Å²) in [5.41, 5.74) is 7.20. The van der Waals surface area contributed by atoms with Crippen molar-refractivity contribution >= 4 is 38.6 Å². The topological polar surface area (TPSA) is 80.9 Å². The first-order chi connectivity index (χ1) is 9.56. The van der Waals surface area contributed by atoms with Crippen molar-refractivity contribution in [3.05, 3.63) is 63.0 Å². The highest BCUT2D eigenvalue weighted by Gasteiger charge is 2.16. The van der Waals surface area contributed by atoms with Gasteiger partial charge in [0.25, 0.3) is 5.91 Å². The van der Waals surface area contributed by atoms with Gasteiger partial charge < -0.3 is 10.7 Å². The van der Waals surface area contributed by atoms with E-state index < -0.39 is 11.6 Å². The predicted octanol–water partition coefficient (Wildman–Crippen LogP) is 2.36. The van der Waals surface area contributed by atoms with Crippen molar-refractivity contribution in [3.8, 4) is 0 Å². The largest absolute Gasteiger partial charge is 0.399 e. The number of carbonyl (C=O) groups excluding carboxylic acids is 1. The Bertz CT molecular complexity index is 880. The lowest BCUT2D eigenvalue weighted by atomic mass is 10.2. The van der Waals surface area contributed by atoms with Gasteiger partial charge >= 0.3 is 5.69 Å². The van der Waals surface area contributed by atoms with Crippen molar-refractivity contribution in [3.63, 3.8) is 0 Å². The van der Waals surface area contributed by atoms with Crippen LogP contribution in [0.4, 0.5) is 5.69 Å². The maximum absolute atomic E-state index is 12.5. The van der Waals surface area contributed by atoms with Gasteiger partial charge in [-0.3, -0.25) is 4.79 Å². The fourth-order valence-corrected chi connectivity index (χ4v) is 2.47. The quantitative estimate of drug-likeness (QED) is 0.671. The summed E-state index contributed by atoms with van der Waals surface area (Å²) in [6, 6.07) is 11.8. The summed E-state index contributed by atoms with van der Waals surface area (Å²) >= 11 is 3.31. The van der Waals surface area contributed by atoms with Crippen LogP contribution in [0.25, 0.3) is 11.0 Å². The zero-order valence-corrected chi connectivity index (χ0v) is 11.8. The number of imidazole rings is 1. The fraction of sp³-hybridized carbons (Fsp3) is 0. The van der Waals surface area contributed by atoms with E-state index in [1.165, 1.54) is 0 Å². The van der Waals surface area contributed by atoms with Gasteiger partial charge in [0.05, 0.1) is 11.0 Å². The molecule has 0 saturated heterocycles. The van der Waals surface area contributed by atoms with Gasteiger partial charge in [-0.25, -0.2) is 9.36 Å². The second-order valence-corrected chi connectivity index (χ2v) is 5.27. The number of H-pyrrole nitrogens is 1. The van der Waals surface area contributed by atoms with E-state index in [0.717, 1.165) is 9.04 Å². The van der Waals surface area contributed by atoms with Gasteiger partial charge in [-0.15, -0.1) is 0 Å². The molecule has 3 aromatic rings. The molecule has 1 heterocycles. The average Bonchev–Trinajstić information content (AvgIpc) is 2.73. The molecule has 0 atom stereocenters. The normalized spacial score (nSPS) is 10.8. The third kappa shape index (κ3) is 2.04. The Labute approximate surface area is 122 Å². The highest BCUT2D eigenvalue weighted by atomic mass is 79.9. The Kier molecular flexibility index (Phi) is 2.94. The number of nitrogens with one attached hydrogen (secondary N) is 1. The molecule has 100 valence electrons. The number of nitrogens with two attached hydrogens (primary N) is 1. The number of hydrogen-bond acceptors (Lipinski definition) is 3.